The maximum Gasteiger partial charge on any atom is 0.287 e. The lowest BCUT2D eigenvalue weighted by molar-refractivity contribution is -0.117. The Hall–Kier alpha value is -4.55. The zero-order chi connectivity index (χ0) is 29.1. The summed E-state index contributed by atoms with van der Waals surface area (Å²) in [4.78, 5) is 43.7. The molecule has 3 aromatic heterocycles. The molecule has 41 heavy (non-hydrogen) atoms. The van der Waals surface area contributed by atoms with Crippen LogP contribution >= 0.6 is 23.1 Å². The van der Waals surface area contributed by atoms with Crippen LogP contribution in [0.1, 0.15) is 57.7 Å². The molecule has 13 heteroatoms. The Morgan fingerprint density at radius 2 is 1.90 bits per heavy atom. The summed E-state index contributed by atoms with van der Waals surface area (Å²) in [6, 6.07) is 12.9. The van der Waals surface area contributed by atoms with Gasteiger partial charge in [-0.15, -0.1) is 0 Å². The molecule has 0 saturated carbocycles. The third kappa shape index (κ3) is 5.98. The van der Waals surface area contributed by atoms with E-state index in [-0.39, 0.29) is 41.2 Å². The third-order valence-electron chi connectivity index (χ3n) is 6.35. The molecule has 0 fully saturated rings. The lowest BCUT2D eigenvalue weighted by Gasteiger charge is -2.19. The molecule has 0 aliphatic rings. The van der Waals surface area contributed by atoms with Crippen LogP contribution in [-0.2, 0) is 17.9 Å². The summed E-state index contributed by atoms with van der Waals surface area (Å²) in [6.07, 6.45) is 3.00. The Kier molecular flexibility index (Phi) is 8.13. The van der Waals surface area contributed by atoms with Crippen molar-refractivity contribution >= 4 is 56.6 Å². The van der Waals surface area contributed by atoms with E-state index in [9.17, 15) is 18.8 Å². The van der Waals surface area contributed by atoms with Crippen molar-refractivity contribution in [3.8, 4) is 0 Å². The number of fused-ring (bicyclic) bond motifs is 1. The molecular weight excluding hydrogens is 569 g/mol. The molecule has 1 atom stereocenters. The van der Waals surface area contributed by atoms with Crippen molar-refractivity contribution < 1.29 is 18.8 Å². The van der Waals surface area contributed by atoms with Crippen LogP contribution in [0, 0.1) is 5.82 Å². The van der Waals surface area contributed by atoms with Gasteiger partial charge in [0.2, 0.25) is 5.82 Å². The first kappa shape index (κ1) is 28.0. The first-order valence-electron chi connectivity index (χ1n) is 12.5. The molecular formula is C28H23ClFN7O3S. The minimum Gasteiger partial charge on any atom is -0.345 e. The molecule has 0 aliphatic carbocycles. The Bertz CT molecular complexity index is 1770. The number of aromatic nitrogens is 5. The molecule has 5 rings (SSSR count). The molecule has 0 spiro atoms. The van der Waals surface area contributed by atoms with Crippen LogP contribution in [0.2, 0.25) is 5.02 Å². The number of halogens is 2. The van der Waals surface area contributed by atoms with Crippen LogP contribution in [0.3, 0.4) is 0 Å². The van der Waals surface area contributed by atoms with Gasteiger partial charge in [0.1, 0.15) is 17.3 Å². The van der Waals surface area contributed by atoms with E-state index in [1.54, 1.807) is 25.1 Å². The van der Waals surface area contributed by atoms with Crippen LogP contribution in [0.4, 0.5) is 10.2 Å². The van der Waals surface area contributed by atoms with Crippen molar-refractivity contribution in [2.24, 2.45) is 0 Å². The summed E-state index contributed by atoms with van der Waals surface area (Å²) in [7, 11) is 0. The molecule has 0 unspecified atom stereocenters. The van der Waals surface area contributed by atoms with Gasteiger partial charge >= 0.3 is 0 Å². The highest BCUT2D eigenvalue weighted by atomic mass is 35.5. The van der Waals surface area contributed by atoms with Gasteiger partial charge in [-0.1, -0.05) is 36.7 Å². The number of imidazole rings is 1. The van der Waals surface area contributed by atoms with Crippen LogP contribution < -0.4 is 10.6 Å². The summed E-state index contributed by atoms with van der Waals surface area (Å²) in [5.41, 5.74) is 1.57. The summed E-state index contributed by atoms with van der Waals surface area (Å²) < 4.78 is 20.8. The SMILES string of the molecule is CC(=O)Cn1c(C(=O)NCc2ccnnc2)nc(NC(=O)c2nsc3ccccc23)c1[C@H](C)c1cc(F)ccc1Cl. The summed E-state index contributed by atoms with van der Waals surface area (Å²) in [5, 5.41) is 14.0. The van der Waals surface area contributed by atoms with E-state index in [2.05, 4.69) is 30.2 Å². The zero-order valence-electron chi connectivity index (χ0n) is 21.9. The van der Waals surface area contributed by atoms with Gasteiger partial charge in [0, 0.05) is 29.1 Å². The van der Waals surface area contributed by atoms with E-state index >= 15 is 0 Å². The number of Topliss-reactive ketones (excluding diaryl/α,β-unsaturated/α-hetero) is 1. The van der Waals surface area contributed by atoms with Gasteiger partial charge in [-0.25, -0.2) is 9.37 Å². The highest BCUT2D eigenvalue weighted by Gasteiger charge is 2.30. The first-order valence-corrected chi connectivity index (χ1v) is 13.6. The van der Waals surface area contributed by atoms with Gasteiger partial charge in [-0.3, -0.25) is 14.4 Å². The summed E-state index contributed by atoms with van der Waals surface area (Å²) in [5.74, 6) is -2.70. The number of hydrogen-bond acceptors (Lipinski definition) is 8. The molecule has 3 heterocycles. The van der Waals surface area contributed by atoms with Crippen molar-refractivity contribution in [3.63, 3.8) is 0 Å². The average Bonchev–Trinajstić information content (AvgIpc) is 3.54. The fourth-order valence-corrected chi connectivity index (χ4v) is 5.50. The number of carbonyl (C=O) groups is 3. The fraction of sp³-hybridized carbons (Fsp3) is 0.179. The maximum absolute atomic E-state index is 14.3. The smallest absolute Gasteiger partial charge is 0.287 e. The molecule has 0 aliphatic heterocycles. The monoisotopic (exact) mass is 591 g/mol. The molecule has 0 saturated heterocycles. The standard InChI is InChI=1S/C28H23ClFN7O3S/c1-15(38)14-37-24(16(2)20-11-18(30)7-8-21(20)29)25(34-26(37)28(40)31-12-17-9-10-32-33-13-17)35-27(39)23-19-5-3-4-6-22(19)41-36-23/h3-11,13,16H,12,14H2,1-2H3,(H,31,40)(H,35,39)/t16-/m1/s1. The van der Waals surface area contributed by atoms with E-state index in [0.717, 1.165) is 4.70 Å². The van der Waals surface area contributed by atoms with E-state index < -0.39 is 23.5 Å². The normalized spacial score (nSPS) is 11.8. The molecule has 2 aromatic carbocycles. The lowest BCUT2D eigenvalue weighted by atomic mass is 9.96. The molecule has 0 radical (unpaired) electrons. The highest BCUT2D eigenvalue weighted by Crippen LogP contribution is 2.36. The highest BCUT2D eigenvalue weighted by molar-refractivity contribution is 7.13. The second-order valence-corrected chi connectivity index (χ2v) is 10.5. The van der Waals surface area contributed by atoms with Crippen LogP contribution in [0.15, 0.2) is 60.9 Å². The van der Waals surface area contributed by atoms with Gasteiger partial charge in [0.25, 0.3) is 11.8 Å². The number of benzene rings is 2. The van der Waals surface area contributed by atoms with Gasteiger partial charge < -0.3 is 15.2 Å². The van der Waals surface area contributed by atoms with Crippen molar-refractivity contribution in [2.45, 2.75) is 32.9 Å². The number of anilines is 1. The summed E-state index contributed by atoms with van der Waals surface area (Å²) >= 11 is 7.62. The van der Waals surface area contributed by atoms with Gasteiger partial charge in [-0.2, -0.15) is 14.6 Å². The second-order valence-electron chi connectivity index (χ2n) is 9.26. The topological polar surface area (TPSA) is 132 Å². The molecule has 2 N–H and O–H groups in total. The van der Waals surface area contributed by atoms with E-state index in [0.29, 0.717) is 22.2 Å². The van der Waals surface area contributed by atoms with E-state index in [1.807, 2.05) is 12.1 Å². The number of nitrogens with zero attached hydrogens (tertiary/aromatic N) is 5. The molecule has 5 aromatic rings. The number of rotatable bonds is 9. The molecule has 208 valence electrons. The number of hydrogen-bond donors (Lipinski definition) is 2. The Morgan fingerprint density at radius 1 is 1.10 bits per heavy atom. The average molecular weight is 592 g/mol. The van der Waals surface area contributed by atoms with Crippen molar-refractivity contribution in [3.05, 3.63) is 100 Å². The van der Waals surface area contributed by atoms with Crippen LogP contribution in [0.5, 0.6) is 0 Å². The van der Waals surface area contributed by atoms with E-state index in [4.69, 9.17) is 11.6 Å². The fourth-order valence-electron chi connectivity index (χ4n) is 4.45. The van der Waals surface area contributed by atoms with Crippen molar-refractivity contribution in [1.29, 1.82) is 0 Å². The first-order chi connectivity index (χ1) is 19.7. The maximum atomic E-state index is 14.3. The number of ketones is 1. The van der Waals surface area contributed by atoms with Crippen molar-refractivity contribution in [1.82, 2.24) is 29.4 Å². The molecule has 2 amide bonds. The predicted molar refractivity (Wildman–Crippen MR) is 153 cm³/mol. The van der Waals surface area contributed by atoms with Crippen molar-refractivity contribution in [2.75, 3.05) is 5.32 Å². The number of nitrogens with one attached hydrogen (secondary N) is 2. The van der Waals surface area contributed by atoms with Crippen LogP contribution in [0.25, 0.3) is 10.1 Å². The minimum absolute atomic E-state index is 0.0249. The third-order valence-corrected chi connectivity index (χ3v) is 7.52. The zero-order valence-corrected chi connectivity index (χ0v) is 23.5. The Labute approximate surface area is 242 Å². The largest absolute Gasteiger partial charge is 0.345 e. The van der Waals surface area contributed by atoms with Gasteiger partial charge in [0.05, 0.1) is 23.1 Å². The Balaban J connectivity index is 1.60. The molecule has 10 nitrogen and oxygen atoms in total. The quantitative estimate of drug-likeness (QED) is 0.247. The molecule has 0 bridgehead atoms. The second kappa shape index (κ2) is 11.9. The number of amides is 2. The Morgan fingerprint density at radius 3 is 2.66 bits per heavy atom. The van der Waals surface area contributed by atoms with Gasteiger partial charge in [0.15, 0.2) is 5.82 Å². The minimum atomic E-state index is -0.682. The van der Waals surface area contributed by atoms with E-state index in [1.165, 1.54) is 53.6 Å². The van der Waals surface area contributed by atoms with Crippen LogP contribution in [-0.4, -0.2) is 41.7 Å². The lowest BCUT2D eigenvalue weighted by Crippen LogP contribution is -2.28. The number of carbonyl (C=O) groups excluding carboxylic acids is 3. The summed E-state index contributed by atoms with van der Waals surface area (Å²) in [6.45, 7) is 2.99. The van der Waals surface area contributed by atoms with Gasteiger partial charge in [-0.05, 0) is 59.9 Å². The predicted octanol–water partition coefficient (Wildman–Crippen LogP) is 5.00.